The summed E-state index contributed by atoms with van der Waals surface area (Å²) in [7, 11) is 1.59. The van der Waals surface area contributed by atoms with Crippen LogP contribution < -0.4 is 0 Å². The smallest absolute Gasteiger partial charge is 0.123 e. The molecule has 1 aromatic carbocycles. The van der Waals surface area contributed by atoms with Crippen LogP contribution in [0.15, 0.2) is 18.2 Å². The average Bonchev–Trinajstić information content (AvgIpc) is 2.35. The van der Waals surface area contributed by atoms with Gasteiger partial charge in [-0.2, -0.15) is 0 Å². The third kappa shape index (κ3) is 2.67. The zero-order chi connectivity index (χ0) is 13.1. The molecule has 0 aliphatic carbocycles. The van der Waals surface area contributed by atoms with Crippen LogP contribution in [0, 0.1) is 12.7 Å². The van der Waals surface area contributed by atoms with E-state index in [0.29, 0.717) is 18.4 Å². The fourth-order valence-electron chi connectivity index (χ4n) is 2.23. The summed E-state index contributed by atoms with van der Waals surface area (Å²) < 4.78 is 18.7. The number of halogens is 1. The zero-order valence-electron chi connectivity index (χ0n) is 11.0. The number of aliphatic hydroxyl groups is 1. The first-order chi connectivity index (χ1) is 8.00. The van der Waals surface area contributed by atoms with Crippen molar-refractivity contribution in [2.24, 2.45) is 0 Å². The number of ether oxygens (including phenoxy) is 1. The van der Waals surface area contributed by atoms with E-state index in [1.54, 1.807) is 13.2 Å². The minimum Gasteiger partial charge on any atom is -0.385 e. The summed E-state index contributed by atoms with van der Waals surface area (Å²) in [5.41, 5.74) is 0.844. The molecule has 0 saturated carbocycles. The Bertz CT molecular complexity index is 364. The SMILES string of the molecule is CCC(CC)(OC)C(O)c1cc(F)ccc1C. The average molecular weight is 240 g/mol. The molecule has 0 aliphatic rings. The van der Waals surface area contributed by atoms with Crippen LogP contribution in [0.5, 0.6) is 0 Å². The molecule has 3 heteroatoms. The highest BCUT2D eigenvalue weighted by Crippen LogP contribution is 2.36. The Morgan fingerprint density at radius 1 is 1.35 bits per heavy atom. The lowest BCUT2D eigenvalue weighted by Gasteiger charge is -2.36. The molecule has 0 spiro atoms. The number of aryl methyl sites for hydroxylation is 1. The van der Waals surface area contributed by atoms with Crippen LogP contribution >= 0.6 is 0 Å². The van der Waals surface area contributed by atoms with Gasteiger partial charge >= 0.3 is 0 Å². The lowest BCUT2D eigenvalue weighted by molar-refractivity contribution is -0.110. The van der Waals surface area contributed by atoms with Crippen LogP contribution in [-0.2, 0) is 4.74 Å². The molecule has 0 bridgehead atoms. The van der Waals surface area contributed by atoms with E-state index in [2.05, 4.69) is 0 Å². The van der Waals surface area contributed by atoms with Gasteiger partial charge in [-0.05, 0) is 43.0 Å². The molecule has 0 aliphatic heterocycles. The summed E-state index contributed by atoms with van der Waals surface area (Å²) >= 11 is 0. The molecule has 1 aromatic rings. The number of benzene rings is 1. The van der Waals surface area contributed by atoms with Gasteiger partial charge in [-0.3, -0.25) is 0 Å². The Kier molecular flexibility index (Phi) is 4.66. The Balaban J connectivity index is 3.17. The summed E-state index contributed by atoms with van der Waals surface area (Å²) in [4.78, 5) is 0. The fourth-order valence-corrected chi connectivity index (χ4v) is 2.23. The first-order valence-electron chi connectivity index (χ1n) is 6.00. The first-order valence-corrected chi connectivity index (χ1v) is 6.00. The lowest BCUT2D eigenvalue weighted by atomic mass is 9.84. The Hall–Kier alpha value is -0.930. The van der Waals surface area contributed by atoms with E-state index in [0.717, 1.165) is 5.56 Å². The van der Waals surface area contributed by atoms with Crippen molar-refractivity contribution in [1.29, 1.82) is 0 Å². The molecule has 0 radical (unpaired) electrons. The predicted molar refractivity (Wildman–Crippen MR) is 66.4 cm³/mol. The largest absolute Gasteiger partial charge is 0.385 e. The molecule has 1 unspecified atom stereocenters. The van der Waals surface area contributed by atoms with Gasteiger partial charge in [0.15, 0.2) is 0 Å². The van der Waals surface area contributed by atoms with E-state index in [1.807, 2.05) is 20.8 Å². The van der Waals surface area contributed by atoms with E-state index in [1.165, 1.54) is 12.1 Å². The van der Waals surface area contributed by atoms with Gasteiger partial charge in [0.05, 0.1) is 5.60 Å². The molecule has 1 N–H and O–H groups in total. The van der Waals surface area contributed by atoms with Crippen molar-refractivity contribution in [3.05, 3.63) is 35.1 Å². The molecule has 17 heavy (non-hydrogen) atoms. The Morgan fingerprint density at radius 2 is 1.94 bits per heavy atom. The van der Waals surface area contributed by atoms with Crippen molar-refractivity contribution in [2.75, 3.05) is 7.11 Å². The molecule has 0 aromatic heterocycles. The number of aliphatic hydroxyl groups excluding tert-OH is 1. The molecule has 1 rings (SSSR count). The monoisotopic (exact) mass is 240 g/mol. The third-order valence-electron chi connectivity index (χ3n) is 3.64. The molecule has 96 valence electrons. The maximum Gasteiger partial charge on any atom is 0.123 e. The van der Waals surface area contributed by atoms with Crippen molar-refractivity contribution in [2.45, 2.75) is 45.3 Å². The minimum atomic E-state index is -0.807. The Labute approximate surface area is 102 Å². The van der Waals surface area contributed by atoms with Gasteiger partial charge in [0.1, 0.15) is 11.9 Å². The zero-order valence-corrected chi connectivity index (χ0v) is 11.0. The summed E-state index contributed by atoms with van der Waals surface area (Å²) in [6.45, 7) is 5.79. The van der Waals surface area contributed by atoms with Crippen molar-refractivity contribution in [3.63, 3.8) is 0 Å². The second-order valence-corrected chi connectivity index (χ2v) is 4.38. The predicted octanol–water partition coefficient (Wildman–Crippen LogP) is 3.37. The molecule has 0 amide bonds. The molecule has 0 heterocycles. The van der Waals surface area contributed by atoms with E-state index in [4.69, 9.17) is 4.74 Å². The highest BCUT2D eigenvalue weighted by molar-refractivity contribution is 5.30. The van der Waals surface area contributed by atoms with Crippen LogP contribution in [-0.4, -0.2) is 17.8 Å². The van der Waals surface area contributed by atoms with Crippen LogP contribution in [0.3, 0.4) is 0 Å². The van der Waals surface area contributed by atoms with Gasteiger partial charge in [-0.25, -0.2) is 4.39 Å². The topological polar surface area (TPSA) is 29.5 Å². The number of rotatable bonds is 5. The molecule has 1 atom stereocenters. The van der Waals surface area contributed by atoms with Gasteiger partial charge in [0.2, 0.25) is 0 Å². The molecule has 0 fully saturated rings. The normalized spacial score (nSPS) is 13.8. The van der Waals surface area contributed by atoms with Gasteiger partial charge in [-0.1, -0.05) is 19.9 Å². The molecule has 2 nitrogen and oxygen atoms in total. The van der Waals surface area contributed by atoms with Crippen LogP contribution in [0.2, 0.25) is 0 Å². The van der Waals surface area contributed by atoms with Crippen LogP contribution in [0.1, 0.15) is 43.9 Å². The number of hydrogen-bond acceptors (Lipinski definition) is 2. The second kappa shape index (κ2) is 5.61. The summed E-state index contributed by atoms with van der Waals surface area (Å²) in [6, 6.07) is 4.47. The third-order valence-corrected chi connectivity index (χ3v) is 3.64. The summed E-state index contributed by atoms with van der Waals surface area (Å²) in [5.74, 6) is -0.332. The maximum atomic E-state index is 13.3. The summed E-state index contributed by atoms with van der Waals surface area (Å²) in [6.07, 6.45) is 0.548. The Morgan fingerprint density at radius 3 is 2.41 bits per heavy atom. The van der Waals surface area contributed by atoms with Gasteiger partial charge in [-0.15, -0.1) is 0 Å². The quantitative estimate of drug-likeness (QED) is 0.855. The van der Waals surface area contributed by atoms with Crippen molar-refractivity contribution < 1.29 is 14.2 Å². The van der Waals surface area contributed by atoms with Gasteiger partial charge in [0, 0.05) is 7.11 Å². The maximum absolute atomic E-state index is 13.3. The van der Waals surface area contributed by atoms with Crippen molar-refractivity contribution >= 4 is 0 Å². The fraction of sp³-hybridized carbons (Fsp3) is 0.571. The van der Waals surface area contributed by atoms with Gasteiger partial charge in [0.25, 0.3) is 0 Å². The molecular weight excluding hydrogens is 219 g/mol. The van der Waals surface area contributed by atoms with Crippen LogP contribution in [0.4, 0.5) is 4.39 Å². The standard InChI is InChI=1S/C14H21FO2/c1-5-14(6-2,17-4)13(16)12-9-11(15)8-7-10(12)3/h7-9,13,16H,5-6H2,1-4H3. The molecular formula is C14H21FO2. The summed E-state index contributed by atoms with van der Waals surface area (Å²) in [5, 5.41) is 10.4. The number of hydrogen-bond donors (Lipinski definition) is 1. The highest BCUT2D eigenvalue weighted by atomic mass is 19.1. The second-order valence-electron chi connectivity index (χ2n) is 4.38. The minimum absolute atomic E-state index is 0.332. The van der Waals surface area contributed by atoms with E-state index < -0.39 is 11.7 Å². The van der Waals surface area contributed by atoms with E-state index in [9.17, 15) is 9.50 Å². The van der Waals surface area contributed by atoms with Crippen LogP contribution in [0.25, 0.3) is 0 Å². The first kappa shape index (κ1) is 14.1. The number of methoxy groups -OCH3 is 1. The lowest BCUT2D eigenvalue weighted by Crippen LogP contribution is -2.37. The molecule has 0 saturated heterocycles. The van der Waals surface area contributed by atoms with Crippen molar-refractivity contribution in [3.8, 4) is 0 Å². The van der Waals surface area contributed by atoms with Gasteiger partial charge < -0.3 is 9.84 Å². The van der Waals surface area contributed by atoms with Crippen molar-refractivity contribution in [1.82, 2.24) is 0 Å². The van der Waals surface area contributed by atoms with E-state index in [-0.39, 0.29) is 5.82 Å². The van der Waals surface area contributed by atoms with E-state index >= 15 is 0 Å². The highest BCUT2D eigenvalue weighted by Gasteiger charge is 2.36.